The summed E-state index contributed by atoms with van der Waals surface area (Å²) in [7, 11) is 0. The van der Waals surface area contributed by atoms with Gasteiger partial charge in [0, 0.05) is 28.5 Å². The van der Waals surface area contributed by atoms with Crippen molar-refractivity contribution < 1.29 is 0 Å². The van der Waals surface area contributed by atoms with Gasteiger partial charge in [-0.2, -0.15) is 11.8 Å². The van der Waals surface area contributed by atoms with E-state index in [1.54, 1.807) is 11.3 Å². The summed E-state index contributed by atoms with van der Waals surface area (Å²) in [4.78, 5) is 1.39. The molecule has 1 nitrogen and oxygen atoms in total. The molecule has 0 spiro atoms. The molecule has 0 aliphatic heterocycles. The molecular formula is C11H18BrNS2. The van der Waals surface area contributed by atoms with Gasteiger partial charge >= 0.3 is 0 Å². The number of thioether (sulfide) groups is 1. The summed E-state index contributed by atoms with van der Waals surface area (Å²) >= 11 is 7.27. The van der Waals surface area contributed by atoms with Crippen molar-refractivity contribution in [2.75, 3.05) is 12.3 Å². The van der Waals surface area contributed by atoms with E-state index in [0.29, 0.717) is 4.75 Å². The molecule has 0 atom stereocenters. The number of nitrogens with one attached hydrogen (secondary N) is 1. The van der Waals surface area contributed by atoms with Crippen LogP contribution in [0, 0.1) is 0 Å². The molecule has 0 aromatic carbocycles. The maximum atomic E-state index is 3.47. The van der Waals surface area contributed by atoms with E-state index in [1.165, 1.54) is 14.4 Å². The first-order chi connectivity index (χ1) is 6.97. The van der Waals surface area contributed by atoms with Crippen LogP contribution in [0.5, 0.6) is 0 Å². The Bertz CT molecular complexity index is 291. The summed E-state index contributed by atoms with van der Waals surface area (Å²) in [5, 5.41) is 3.46. The Kier molecular flexibility index (Phi) is 5.68. The van der Waals surface area contributed by atoms with Crippen LogP contribution in [0.2, 0.25) is 0 Å². The van der Waals surface area contributed by atoms with E-state index in [0.717, 1.165) is 13.1 Å². The predicted octanol–water partition coefficient (Wildman–Crippen LogP) is 4.13. The third kappa shape index (κ3) is 6.61. The molecule has 0 saturated carbocycles. The average molecular weight is 308 g/mol. The topological polar surface area (TPSA) is 12.0 Å². The fourth-order valence-corrected chi connectivity index (χ4v) is 3.40. The second kappa shape index (κ2) is 6.28. The molecule has 1 N–H and O–H groups in total. The van der Waals surface area contributed by atoms with Gasteiger partial charge < -0.3 is 5.32 Å². The van der Waals surface area contributed by atoms with E-state index in [4.69, 9.17) is 0 Å². The van der Waals surface area contributed by atoms with Crippen LogP contribution >= 0.6 is 39.0 Å². The van der Waals surface area contributed by atoms with Gasteiger partial charge in [-0.3, -0.25) is 0 Å². The molecule has 0 bridgehead atoms. The molecule has 1 rings (SSSR count). The van der Waals surface area contributed by atoms with Crippen LogP contribution < -0.4 is 5.32 Å². The fourth-order valence-electron chi connectivity index (χ4n) is 1.09. The first-order valence-corrected chi connectivity index (χ1v) is 7.66. The normalized spacial score (nSPS) is 12.0. The van der Waals surface area contributed by atoms with Crippen LogP contribution in [0.3, 0.4) is 0 Å². The summed E-state index contributed by atoms with van der Waals surface area (Å²) in [6, 6.07) is 4.27. The van der Waals surface area contributed by atoms with Crippen molar-refractivity contribution in [1.29, 1.82) is 0 Å². The quantitative estimate of drug-likeness (QED) is 0.821. The third-order valence-electron chi connectivity index (χ3n) is 1.74. The molecule has 0 radical (unpaired) electrons. The molecule has 1 aromatic heterocycles. The van der Waals surface area contributed by atoms with Crippen LogP contribution in [0.15, 0.2) is 15.9 Å². The van der Waals surface area contributed by atoms with Crippen molar-refractivity contribution >= 4 is 39.0 Å². The van der Waals surface area contributed by atoms with E-state index < -0.39 is 0 Å². The summed E-state index contributed by atoms with van der Waals surface area (Å²) in [6.07, 6.45) is 0. The van der Waals surface area contributed by atoms with Crippen LogP contribution in [-0.2, 0) is 6.54 Å². The first kappa shape index (κ1) is 13.6. The van der Waals surface area contributed by atoms with E-state index in [2.05, 4.69) is 54.2 Å². The second-order valence-corrected chi connectivity index (χ2v) is 8.81. The molecule has 1 heterocycles. The smallest absolute Gasteiger partial charge is 0.0701 e. The number of halogens is 1. The molecule has 1 aromatic rings. The Balaban J connectivity index is 2.07. The zero-order valence-corrected chi connectivity index (χ0v) is 12.7. The van der Waals surface area contributed by atoms with E-state index in [1.807, 2.05) is 11.8 Å². The van der Waals surface area contributed by atoms with Crippen molar-refractivity contribution in [3.63, 3.8) is 0 Å². The van der Waals surface area contributed by atoms with E-state index >= 15 is 0 Å². The lowest BCUT2D eigenvalue weighted by Crippen LogP contribution is -2.19. The first-order valence-electron chi connectivity index (χ1n) is 5.06. The number of hydrogen-bond donors (Lipinski definition) is 1. The zero-order chi connectivity index (χ0) is 11.3. The van der Waals surface area contributed by atoms with Crippen LogP contribution in [0.4, 0.5) is 0 Å². The van der Waals surface area contributed by atoms with E-state index in [-0.39, 0.29) is 0 Å². The Morgan fingerprint density at radius 1 is 1.40 bits per heavy atom. The summed E-state index contributed by atoms with van der Waals surface area (Å²) in [6.45, 7) is 8.84. The number of hydrogen-bond acceptors (Lipinski definition) is 3. The van der Waals surface area contributed by atoms with Gasteiger partial charge in [0.15, 0.2) is 0 Å². The van der Waals surface area contributed by atoms with Crippen molar-refractivity contribution in [1.82, 2.24) is 5.32 Å². The van der Waals surface area contributed by atoms with Crippen LogP contribution in [0.1, 0.15) is 25.6 Å². The van der Waals surface area contributed by atoms with Gasteiger partial charge in [0.2, 0.25) is 0 Å². The highest BCUT2D eigenvalue weighted by atomic mass is 79.9. The van der Waals surface area contributed by atoms with Gasteiger partial charge in [-0.15, -0.1) is 11.3 Å². The van der Waals surface area contributed by atoms with Gasteiger partial charge in [-0.05, 0) is 28.1 Å². The maximum Gasteiger partial charge on any atom is 0.0701 e. The lowest BCUT2D eigenvalue weighted by atomic mass is 10.3. The SMILES string of the molecule is CC(C)(C)SCCNCc1ccc(Br)s1. The second-order valence-electron chi connectivity index (χ2n) is 4.34. The minimum absolute atomic E-state index is 0.383. The molecular weight excluding hydrogens is 290 g/mol. The highest BCUT2D eigenvalue weighted by Gasteiger charge is 2.09. The Morgan fingerprint density at radius 2 is 2.13 bits per heavy atom. The molecule has 0 aliphatic rings. The molecule has 0 unspecified atom stereocenters. The minimum atomic E-state index is 0.383. The molecule has 0 amide bonds. The summed E-state index contributed by atoms with van der Waals surface area (Å²) < 4.78 is 1.59. The number of rotatable bonds is 5. The summed E-state index contributed by atoms with van der Waals surface area (Å²) in [5.74, 6) is 1.18. The molecule has 4 heteroatoms. The standard InChI is InChI=1S/C11H18BrNS2/c1-11(2,3)14-7-6-13-8-9-4-5-10(12)15-9/h4-5,13H,6-8H2,1-3H3. The van der Waals surface area contributed by atoms with Crippen molar-refractivity contribution in [3.05, 3.63) is 20.8 Å². The minimum Gasteiger partial charge on any atom is -0.311 e. The van der Waals surface area contributed by atoms with Crippen LogP contribution in [0.25, 0.3) is 0 Å². The number of thiophene rings is 1. The Labute approximate surface area is 109 Å². The van der Waals surface area contributed by atoms with Gasteiger partial charge in [-0.25, -0.2) is 0 Å². The third-order valence-corrected chi connectivity index (χ3v) is 4.64. The van der Waals surface area contributed by atoms with Crippen molar-refractivity contribution in [2.45, 2.75) is 32.1 Å². The maximum absolute atomic E-state index is 3.47. The Morgan fingerprint density at radius 3 is 2.67 bits per heavy atom. The van der Waals surface area contributed by atoms with E-state index in [9.17, 15) is 0 Å². The van der Waals surface area contributed by atoms with Crippen LogP contribution in [-0.4, -0.2) is 17.0 Å². The monoisotopic (exact) mass is 307 g/mol. The largest absolute Gasteiger partial charge is 0.311 e. The molecule has 0 fully saturated rings. The zero-order valence-electron chi connectivity index (χ0n) is 9.47. The fraction of sp³-hybridized carbons (Fsp3) is 0.636. The molecule has 86 valence electrons. The molecule has 15 heavy (non-hydrogen) atoms. The van der Waals surface area contributed by atoms with Crippen molar-refractivity contribution in [3.8, 4) is 0 Å². The molecule has 0 aliphatic carbocycles. The predicted molar refractivity (Wildman–Crippen MR) is 75.9 cm³/mol. The van der Waals surface area contributed by atoms with Gasteiger partial charge in [-0.1, -0.05) is 20.8 Å². The Hall–Kier alpha value is 0.490. The lowest BCUT2D eigenvalue weighted by molar-refractivity contribution is 0.733. The van der Waals surface area contributed by atoms with Gasteiger partial charge in [0.25, 0.3) is 0 Å². The highest BCUT2D eigenvalue weighted by Crippen LogP contribution is 2.23. The van der Waals surface area contributed by atoms with Gasteiger partial charge in [0.05, 0.1) is 3.79 Å². The highest BCUT2D eigenvalue weighted by molar-refractivity contribution is 9.11. The lowest BCUT2D eigenvalue weighted by Gasteiger charge is -2.17. The summed E-state index contributed by atoms with van der Waals surface area (Å²) in [5.41, 5.74) is 0. The van der Waals surface area contributed by atoms with Crippen molar-refractivity contribution in [2.24, 2.45) is 0 Å². The van der Waals surface area contributed by atoms with Gasteiger partial charge in [0.1, 0.15) is 0 Å². The average Bonchev–Trinajstić information content (AvgIpc) is 2.49. The molecule has 0 saturated heterocycles.